The maximum absolute atomic E-state index is 13.3. The number of benzene rings is 3. The number of phenols is 1. The minimum Gasteiger partial charge on any atom is -0.508 e. The van der Waals surface area contributed by atoms with Crippen molar-refractivity contribution in [2.75, 3.05) is 26.7 Å². The standard InChI is InChI=1S/C30H34N2O3/c1-3-16-32-17-15-29(25-9-6-10-27(33)19-25)20-26(13-14-30(29,21-32)35-2)31-28(34)24-12-11-22-7-4-5-8-23(22)18-24/h3-12,18-19,26,33H,1,13-17,20-21H2,2H3,(H,31,34)/t26-,29+,30+/m1/s1. The fourth-order valence-corrected chi connectivity index (χ4v) is 6.46. The quantitative estimate of drug-likeness (QED) is 0.496. The van der Waals surface area contributed by atoms with E-state index in [4.69, 9.17) is 4.74 Å². The van der Waals surface area contributed by atoms with Gasteiger partial charge in [0.2, 0.25) is 0 Å². The van der Waals surface area contributed by atoms with Crippen LogP contribution in [-0.2, 0) is 10.2 Å². The van der Waals surface area contributed by atoms with Gasteiger partial charge < -0.3 is 15.2 Å². The molecule has 1 saturated carbocycles. The highest BCUT2D eigenvalue weighted by Crippen LogP contribution is 2.53. The molecule has 3 atom stereocenters. The van der Waals surface area contributed by atoms with Crippen molar-refractivity contribution < 1.29 is 14.6 Å². The van der Waals surface area contributed by atoms with E-state index in [0.717, 1.165) is 61.7 Å². The molecule has 3 aromatic rings. The Kier molecular flexibility index (Phi) is 6.39. The number of carbonyl (C=O) groups excluding carboxylic acids is 1. The van der Waals surface area contributed by atoms with Gasteiger partial charge in [0.1, 0.15) is 5.75 Å². The number of rotatable bonds is 6. The van der Waals surface area contributed by atoms with Crippen LogP contribution < -0.4 is 5.32 Å². The van der Waals surface area contributed by atoms with Crippen LogP contribution in [0.2, 0.25) is 0 Å². The number of hydrogen-bond donors (Lipinski definition) is 2. The number of phenolic OH excluding ortho intramolecular Hbond substituents is 1. The predicted octanol–water partition coefficient (Wildman–Crippen LogP) is 5.04. The number of piperidine rings is 1. The molecule has 1 heterocycles. The zero-order valence-corrected chi connectivity index (χ0v) is 20.4. The highest BCUT2D eigenvalue weighted by molar-refractivity contribution is 5.98. The van der Waals surface area contributed by atoms with E-state index in [-0.39, 0.29) is 23.1 Å². The number of likely N-dealkylation sites (tertiary alicyclic amines) is 1. The molecule has 0 spiro atoms. The minimum absolute atomic E-state index is 0.0190. The Hall–Kier alpha value is -3.15. The molecule has 0 bridgehead atoms. The van der Waals surface area contributed by atoms with Crippen molar-refractivity contribution in [1.82, 2.24) is 10.2 Å². The molecule has 2 fully saturated rings. The Balaban J connectivity index is 1.45. The zero-order valence-electron chi connectivity index (χ0n) is 20.4. The van der Waals surface area contributed by atoms with Crippen LogP contribution in [0.5, 0.6) is 5.75 Å². The first-order valence-corrected chi connectivity index (χ1v) is 12.5. The second kappa shape index (κ2) is 9.48. The molecule has 1 aliphatic heterocycles. The van der Waals surface area contributed by atoms with E-state index in [9.17, 15) is 9.90 Å². The molecule has 1 saturated heterocycles. The molecule has 182 valence electrons. The van der Waals surface area contributed by atoms with Gasteiger partial charge in [-0.15, -0.1) is 6.58 Å². The average molecular weight is 471 g/mol. The Labute approximate surface area is 207 Å². The fraction of sp³-hybridized carbons (Fsp3) is 0.367. The molecule has 5 heteroatoms. The van der Waals surface area contributed by atoms with Crippen LogP contribution in [0.1, 0.15) is 41.6 Å². The summed E-state index contributed by atoms with van der Waals surface area (Å²) >= 11 is 0. The van der Waals surface area contributed by atoms with E-state index in [1.165, 1.54) is 0 Å². The molecule has 1 aliphatic carbocycles. The number of hydrogen-bond acceptors (Lipinski definition) is 4. The summed E-state index contributed by atoms with van der Waals surface area (Å²) in [6.07, 6.45) is 5.28. The van der Waals surface area contributed by atoms with Crippen LogP contribution in [-0.4, -0.2) is 54.3 Å². The van der Waals surface area contributed by atoms with Gasteiger partial charge in [0, 0.05) is 37.2 Å². The lowest BCUT2D eigenvalue weighted by atomic mass is 9.55. The highest BCUT2D eigenvalue weighted by atomic mass is 16.5. The number of methoxy groups -OCH3 is 1. The Morgan fingerprint density at radius 3 is 2.74 bits per heavy atom. The molecule has 3 aromatic carbocycles. The van der Waals surface area contributed by atoms with Gasteiger partial charge in [0.15, 0.2) is 0 Å². The fourth-order valence-electron chi connectivity index (χ4n) is 6.46. The smallest absolute Gasteiger partial charge is 0.251 e. The molecule has 5 rings (SSSR count). The van der Waals surface area contributed by atoms with Gasteiger partial charge in [-0.3, -0.25) is 9.69 Å². The molecular formula is C30H34N2O3. The van der Waals surface area contributed by atoms with E-state index in [1.807, 2.05) is 61.7 Å². The van der Waals surface area contributed by atoms with Crippen molar-refractivity contribution in [3.8, 4) is 5.75 Å². The third kappa shape index (κ3) is 4.24. The Morgan fingerprint density at radius 2 is 1.97 bits per heavy atom. The van der Waals surface area contributed by atoms with E-state index < -0.39 is 5.60 Å². The largest absolute Gasteiger partial charge is 0.508 e. The van der Waals surface area contributed by atoms with Gasteiger partial charge in [0.05, 0.1) is 5.60 Å². The summed E-state index contributed by atoms with van der Waals surface area (Å²) in [6.45, 7) is 6.46. The number of fused-ring (bicyclic) bond motifs is 2. The van der Waals surface area contributed by atoms with Crippen molar-refractivity contribution in [1.29, 1.82) is 0 Å². The lowest BCUT2D eigenvalue weighted by molar-refractivity contribution is -0.146. The van der Waals surface area contributed by atoms with Gasteiger partial charge in [-0.1, -0.05) is 48.5 Å². The van der Waals surface area contributed by atoms with Crippen LogP contribution >= 0.6 is 0 Å². The Bertz CT molecular complexity index is 1240. The molecule has 2 N–H and O–H groups in total. The molecule has 0 unspecified atom stereocenters. The molecular weight excluding hydrogens is 436 g/mol. The van der Waals surface area contributed by atoms with Crippen molar-refractivity contribution >= 4 is 16.7 Å². The highest BCUT2D eigenvalue weighted by Gasteiger charge is 2.58. The molecule has 0 aromatic heterocycles. The first-order chi connectivity index (χ1) is 17.0. The zero-order chi connectivity index (χ0) is 24.5. The van der Waals surface area contributed by atoms with E-state index in [0.29, 0.717) is 5.56 Å². The third-order valence-corrected chi connectivity index (χ3v) is 8.22. The summed E-state index contributed by atoms with van der Waals surface area (Å²) in [5, 5.41) is 15.9. The molecule has 0 radical (unpaired) electrons. The lowest BCUT2D eigenvalue weighted by Gasteiger charge is -2.59. The number of amides is 1. The molecule has 5 nitrogen and oxygen atoms in total. The molecule has 35 heavy (non-hydrogen) atoms. The van der Waals surface area contributed by atoms with E-state index in [2.05, 4.69) is 28.9 Å². The van der Waals surface area contributed by atoms with Crippen molar-refractivity contribution in [3.05, 3.63) is 90.5 Å². The third-order valence-electron chi connectivity index (χ3n) is 8.22. The maximum atomic E-state index is 13.3. The summed E-state index contributed by atoms with van der Waals surface area (Å²) in [4.78, 5) is 15.7. The lowest BCUT2D eigenvalue weighted by Crippen LogP contribution is -2.67. The summed E-state index contributed by atoms with van der Waals surface area (Å²) in [6, 6.07) is 21.6. The summed E-state index contributed by atoms with van der Waals surface area (Å²) in [5.41, 5.74) is 1.06. The second-order valence-electron chi connectivity index (χ2n) is 10.1. The average Bonchev–Trinajstić information content (AvgIpc) is 2.88. The topological polar surface area (TPSA) is 61.8 Å². The van der Waals surface area contributed by atoms with Gasteiger partial charge in [-0.2, -0.15) is 0 Å². The van der Waals surface area contributed by atoms with Crippen LogP contribution in [0.15, 0.2) is 79.4 Å². The van der Waals surface area contributed by atoms with E-state index in [1.54, 1.807) is 6.07 Å². The molecule has 2 aliphatic rings. The normalized spacial score (nSPS) is 26.7. The van der Waals surface area contributed by atoms with Gasteiger partial charge in [-0.05, 0) is 72.8 Å². The van der Waals surface area contributed by atoms with Crippen LogP contribution in [0.3, 0.4) is 0 Å². The van der Waals surface area contributed by atoms with Crippen molar-refractivity contribution in [2.45, 2.75) is 42.7 Å². The first kappa shape index (κ1) is 23.6. The van der Waals surface area contributed by atoms with Gasteiger partial charge in [-0.25, -0.2) is 0 Å². The number of nitrogens with zero attached hydrogens (tertiary/aromatic N) is 1. The monoisotopic (exact) mass is 470 g/mol. The Morgan fingerprint density at radius 1 is 1.14 bits per heavy atom. The van der Waals surface area contributed by atoms with Crippen molar-refractivity contribution in [2.24, 2.45) is 0 Å². The number of aromatic hydroxyl groups is 1. The SMILES string of the molecule is C=CCN1CC[C@@]2(c3cccc(O)c3)C[C@H](NC(=O)c3ccc4ccccc4c3)CC[C@]2(OC)C1. The van der Waals surface area contributed by atoms with Crippen LogP contribution in [0.25, 0.3) is 10.8 Å². The number of nitrogens with one attached hydrogen (secondary N) is 1. The summed E-state index contributed by atoms with van der Waals surface area (Å²) in [7, 11) is 1.81. The van der Waals surface area contributed by atoms with E-state index >= 15 is 0 Å². The van der Waals surface area contributed by atoms with Gasteiger partial charge >= 0.3 is 0 Å². The molecule has 1 amide bonds. The summed E-state index contributed by atoms with van der Waals surface area (Å²) < 4.78 is 6.37. The summed E-state index contributed by atoms with van der Waals surface area (Å²) in [5.74, 6) is 0.221. The van der Waals surface area contributed by atoms with Crippen LogP contribution in [0.4, 0.5) is 0 Å². The first-order valence-electron chi connectivity index (χ1n) is 12.5. The van der Waals surface area contributed by atoms with Gasteiger partial charge in [0.25, 0.3) is 5.91 Å². The second-order valence-corrected chi connectivity index (χ2v) is 10.1. The number of ether oxygens (including phenoxy) is 1. The number of carbonyl (C=O) groups is 1. The maximum Gasteiger partial charge on any atom is 0.251 e. The van der Waals surface area contributed by atoms with Crippen molar-refractivity contribution in [3.63, 3.8) is 0 Å². The van der Waals surface area contributed by atoms with Crippen LogP contribution in [0, 0.1) is 0 Å². The minimum atomic E-state index is -0.397. The predicted molar refractivity (Wildman–Crippen MR) is 140 cm³/mol.